The van der Waals surface area contributed by atoms with E-state index in [4.69, 9.17) is 0 Å². The first-order valence-electron chi connectivity index (χ1n) is 7.75. The van der Waals surface area contributed by atoms with Crippen LogP contribution in [0.5, 0.6) is 0 Å². The number of hydrogen-bond donors (Lipinski definition) is 0. The standard InChI is InChI=1S/C15H26N2O2/c1-3-8-16-11-12(10-14(16)18)15(19)17-9-6-5-7-13(17)4-2/h12-13H,3-11H2,1-2H3. The number of piperidine rings is 1. The van der Waals surface area contributed by atoms with E-state index in [0.717, 1.165) is 38.8 Å². The summed E-state index contributed by atoms with van der Waals surface area (Å²) in [5.41, 5.74) is 0. The molecule has 2 heterocycles. The van der Waals surface area contributed by atoms with Gasteiger partial charge >= 0.3 is 0 Å². The molecule has 0 spiro atoms. The Kier molecular flexibility index (Phi) is 4.83. The molecule has 2 fully saturated rings. The van der Waals surface area contributed by atoms with Crippen molar-refractivity contribution in [2.45, 2.75) is 58.4 Å². The molecule has 0 aromatic rings. The fraction of sp³-hybridized carbons (Fsp3) is 0.867. The van der Waals surface area contributed by atoms with Crippen molar-refractivity contribution in [2.24, 2.45) is 5.92 Å². The molecule has 0 saturated carbocycles. The van der Waals surface area contributed by atoms with Gasteiger partial charge in [-0.25, -0.2) is 0 Å². The second-order valence-corrected chi connectivity index (χ2v) is 5.83. The van der Waals surface area contributed by atoms with E-state index in [1.165, 1.54) is 6.42 Å². The third-order valence-electron chi connectivity index (χ3n) is 4.44. The summed E-state index contributed by atoms with van der Waals surface area (Å²) in [5, 5.41) is 0. The van der Waals surface area contributed by atoms with Gasteiger partial charge in [0.1, 0.15) is 0 Å². The fourth-order valence-electron chi connectivity index (χ4n) is 3.37. The van der Waals surface area contributed by atoms with Crippen molar-refractivity contribution >= 4 is 11.8 Å². The molecule has 0 aliphatic carbocycles. The van der Waals surface area contributed by atoms with E-state index in [-0.39, 0.29) is 17.7 Å². The van der Waals surface area contributed by atoms with Crippen LogP contribution in [0.25, 0.3) is 0 Å². The van der Waals surface area contributed by atoms with Crippen LogP contribution in [0.3, 0.4) is 0 Å². The molecule has 4 heteroatoms. The summed E-state index contributed by atoms with van der Waals surface area (Å²) in [5.74, 6) is 0.287. The molecule has 2 atom stereocenters. The van der Waals surface area contributed by atoms with Crippen LogP contribution in [0.4, 0.5) is 0 Å². The lowest BCUT2D eigenvalue weighted by Crippen LogP contribution is -2.46. The maximum absolute atomic E-state index is 12.6. The summed E-state index contributed by atoms with van der Waals surface area (Å²) in [7, 11) is 0. The van der Waals surface area contributed by atoms with Crippen LogP contribution in [-0.2, 0) is 9.59 Å². The first-order valence-corrected chi connectivity index (χ1v) is 7.75. The van der Waals surface area contributed by atoms with Gasteiger partial charge in [-0.05, 0) is 32.1 Å². The quantitative estimate of drug-likeness (QED) is 0.781. The topological polar surface area (TPSA) is 40.6 Å². The van der Waals surface area contributed by atoms with Gasteiger partial charge in [0.25, 0.3) is 0 Å². The molecule has 2 amide bonds. The number of nitrogens with zero attached hydrogens (tertiary/aromatic N) is 2. The predicted molar refractivity (Wildman–Crippen MR) is 74.6 cm³/mol. The van der Waals surface area contributed by atoms with E-state index in [9.17, 15) is 9.59 Å². The minimum atomic E-state index is -0.0915. The molecule has 19 heavy (non-hydrogen) atoms. The van der Waals surface area contributed by atoms with Gasteiger partial charge in [-0.2, -0.15) is 0 Å². The number of likely N-dealkylation sites (tertiary alicyclic amines) is 2. The van der Waals surface area contributed by atoms with Crippen molar-refractivity contribution < 1.29 is 9.59 Å². The largest absolute Gasteiger partial charge is 0.342 e. The van der Waals surface area contributed by atoms with E-state index in [2.05, 4.69) is 18.7 Å². The zero-order valence-electron chi connectivity index (χ0n) is 12.2. The highest BCUT2D eigenvalue weighted by atomic mass is 16.2. The van der Waals surface area contributed by atoms with Crippen LogP contribution >= 0.6 is 0 Å². The highest BCUT2D eigenvalue weighted by molar-refractivity contribution is 5.89. The molecule has 2 unspecified atom stereocenters. The van der Waals surface area contributed by atoms with Crippen LogP contribution in [0, 0.1) is 5.92 Å². The van der Waals surface area contributed by atoms with Crippen molar-refractivity contribution in [1.29, 1.82) is 0 Å². The summed E-state index contributed by atoms with van der Waals surface area (Å²) >= 11 is 0. The third kappa shape index (κ3) is 3.10. The SMILES string of the molecule is CCCN1CC(C(=O)N2CCCCC2CC)CC1=O. The summed E-state index contributed by atoms with van der Waals surface area (Å²) in [4.78, 5) is 28.4. The summed E-state index contributed by atoms with van der Waals surface area (Å²) in [6.45, 7) is 6.54. The molecule has 0 aromatic heterocycles. The van der Waals surface area contributed by atoms with Crippen molar-refractivity contribution in [3.63, 3.8) is 0 Å². The average Bonchev–Trinajstić information content (AvgIpc) is 2.80. The summed E-state index contributed by atoms with van der Waals surface area (Å²) in [6.07, 6.45) is 5.89. The third-order valence-corrected chi connectivity index (χ3v) is 4.44. The zero-order chi connectivity index (χ0) is 13.8. The lowest BCUT2D eigenvalue weighted by atomic mass is 9.97. The summed E-state index contributed by atoms with van der Waals surface area (Å²) in [6, 6.07) is 0.400. The van der Waals surface area contributed by atoms with Crippen molar-refractivity contribution in [3.8, 4) is 0 Å². The first kappa shape index (κ1) is 14.4. The molecule has 108 valence electrons. The number of hydrogen-bond acceptors (Lipinski definition) is 2. The Morgan fingerprint density at radius 3 is 2.79 bits per heavy atom. The second-order valence-electron chi connectivity index (χ2n) is 5.83. The van der Waals surface area contributed by atoms with Crippen molar-refractivity contribution in [1.82, 2.24) is 9.80 Å². The van der Waals surface area contributed by atoms with Gasteiger partial charge in [-0.15, -0.1) is 0 Å². The van der Waals surface area contributed by atoms with E-state index in [1.807, 2.05) is 4.90 Å². The lowest BCUT2D eigenvalue weighted by molar-refractivity contribution is -0.139. The maximum atomic E-state index is 12.6. The predicted octanol–water partition coefficient (Wildman–Crippen LogP) is 2.04. The molecule has 0 aromatic carbocycles. The molecule has 2 rings (SSSR count). The molecule has 2 aliphatic rings. The molecule has 4 nitrogen and oxygen atoms in total. The smallest absolute Gasteiger partial charge is 0.228 e. The number of amides is 2. The highest BCUT2D eigenvalue weighted by Gasteiger charge is 2.38. The Morgan fingerprint density at radius 1 is 1.32 bits per heavy atom. The molecular formula is C15H26N2O2. The molecule has 0 radical (unpaired) electrons. The second kappa shape index (κ2) is 6.40. The van der Waals surface area contributed by atoms with Gasteiger partial charge in [0.05, 0.1) is 5.92 Å². The van der Waals surface area contributed by atoms with Gasteiger partial charge in [0, 0.05) is 32.1 Å². The zero-order valence-corrected chi connectivity index (χ0v) is 12.2. The Hall–Kier alpha value is -1.06. The van der Waals surface area contributed by atoms with E-state index in [1.54, 1.807) is 0 Å². The van der Waals surface area contributed by atoms with Crippen LogP contribution in [-0.4, -0.2) is 47.3 Å². The van der Waals surface area contributed by atoms with Gasteiger partial charge in [0.2, 0.25) is 11.8 Å². The Bertz CT molecular complexity index is 343. The molecular weight excluding hydrogens is 240 g/mol. The van der Waals surface area contributed by atoms with Crippen LogP contribution < -0.4 is 0 Å². The van der Waals surface area contributed by atoms with Gasteiger partial charge in [0.15, 0.2) is 0 Å². The van der Waals surface area contributed by atoms with E-state index in [0.29, 0.717) is 19.0 Å². The van der Waals surface area contributed by atoms with E-state index >= 15 is 0 Å². The number of rotatable bonds is 4. The molecule has 0 N–H and O–H groups in total. The lowest BCUT2D eigenvalue weighted by Gasteiger charge is -2.36. The van der Waals surface area contributed by atoms with Crippen molar-refractivity contribution in [3.05, 3.63) is 0 Å². The van der Waals surface area contributed by atoms with Crippen molar-refractivity contribution in [2.75, 3.05) is 19.6 Å². The monoisotopic (exact) mass is 266 g/mol. The minimum absolute atomic E-state index is 0.0915. The van der Waals surface area contributed by atoms with Gasteiger partial charge < -0.3 is 9.80 Å². The minimum Gasteiger partial charge on any atom is -0.342 e. The van der Waals surface area contributed by atoms with E-state index < -0.39 is 0 Å². The Morgan fingerprint density at radius 2 is 2.11 bits per heavy atom. The molecule has 2 aliphatic heterocycles. The fourth-order valence-corrected chi connectivity index (χ4v) is 3.37. The molecule has 0 bridgehead atoms. The highest BCUT2D eigenvalue weighted by Crippen LogP contribution is 2.26. The van der Waals surface area contributed by atoms with Gasteiger partial charge in [-0.3, -0.25) is 9.59 Å². The van der Waals surface area contributed by atoms with Crippen LogP contribution in [0.1, 0.15) is 52.4 Å². The van der Waals surface area contributed by atoms with Crippen LogP contribution in [0.2, 0.25) is 0 Å². The number of carbonyl (C=O) groups is 2. The maximum Gasteiger partial charge on any atom is 0.228 e. The normalized spacial score (nSPS) is 28.0. The Labute approximate surface area is 116 Å². The van der Waals surface area contributed by atoms with Crippen LogP contribution in [0.15, 0.2) is 0 Å². The van der Waals surface area contributed by atoms with Gasteiger partial charge in [-0.1, -0.05) is 13.8 Å². The number of carbonyl (C=O) groups excluding carboxylic acids is 2. The first-order chi connectivity index (χ1) is 9.17. The summed E-state index contributed by atoms with van der Waals surface area (Å²) < 4.78 is 0. The average molecular weight is 266 g/mol. The Balaban J connectivity index is 1.98. The molecule has 2 saturated heterocycles.